The minimum absolute atomic E-state index is 0.0440. The summed E-state index contributed by atoms with van der Waals surface area (Å²) in [6.45, 7) is 5.89. The summed E-state index contributed by atoms with van der Waals surface area (Å²) < 4.78 is 5.90. The van der Waals surface area contributed by atoms with Crippen LogP contribution in [0.25, 0.3) is 0 Å². The monoisotopic (exact) mass is 281 g/mol. The summed E-state index contributed by atoms with van der Waals surface area (Å²) in [5.74, 6) is 1.43. The van der Waals surface area contributed by atoms with Gasteiger partial charge in [0.05, 0.1) is 23.5 Å². The fourth-order valence-corrected chi connectivity index (χ4v) is 2.17. The summed E-state index contributed by atoms with van der Waals surface area (Å²) in [7, 11) is 0. The van der Waals surface area contributed by atoms with Crippen LogP contribution in [0.2, 0.25) is 0 Å². The van der Waals surface area contributed by atoms with Crippen LogP contribution >= 0.6 is 0 Å². The number of aromatic nitrogens is 1. The Morgan fingerprint density at radius 3 is 2.43 bits per heavy atom. The Labute approximate surface area is 125 Å². The Bertz CT molecular complexity index is 648. The average Bonchev–Trinajstić information content (AvgIpc) is 2.50. The number of nitriles is 1. The van der Waals surface area contributed by atoms with Gasteiger partial charge in [0.15, 0.2) is 0 Å². The van der Waals surface area contributed by atoms with Crippen molar-refractivity contribution in [3.63, 3.8) is 0 Å². The van der Waals surface area contributed by atoms with Gasteiger partial charge in [-0.2, -0.15) is 5.26 Å². The smallest absolute Gasteiger partial charge is 0.145 e. The van der Waals surface area contributed by atoms with Crippen molar-refractivity contribution in [2.75, 3.05) is 0 Å². The number of hydrogen-bond donors (Lipinski definition) is 1. The zero-order valence-electron chi connectivity index (χ0n) is 12.6. The van der Waals surface area contributed by atoms with Gasteiger partial charge in [0.2, 0.25) is 0 Å². The number of nitrogens with two attached hydrogens (primary N) is 1. The van der Waals surface area contributed by atoms with E-state index in [0.717, 1.165) is 29.0 Å². The van der Waals surface area contributed by atoms with Crippen LogP contribution < -0.4 is 10.5 Å². The summed E-state index contributed by atoms with van der Waals surface area (Å²) in [6, 6.07) is 9.49. The van der Waals surface area contributed by atoms with Gasteiger partial charge in [-0.25, -0.2) is 0 Å². The maximum Gasteiger partial charge on any atom is 0.145 e. The second kappa shape index (κ2) is 6.38. The molecule has 0 fully saturated rings. The second-order valence-corrected chi connectivity index (χ2v) is 5.09. The van der Waals surface area contributed by atoms with Crippen LogP contribution in [0.15, 0.2) is 30.5 Å². The molecule has 4 nitrogen and oxygen atoms in total. The first-order chi connectivity index (χ1) is 10.0. The van der Waals surface area contributed by atoms with Crippen LogP contribution in [0.4, 0.5) is 0 Å². The van der Waals surface area contributed by atoms with E-state index in [1.165, 1.54) is 0 Å². The molecule has 0 aliphatic carbocycles. The highest BCUT2D eigenvalue weighted by Crippen LogP contribution is 2.29. The molecule has 21 heavy (non-hydrogen) atoms. The fourth-order valence-electron chi connectivity index (χ4n) is 2.17. The van der Waals surface area contributed by atoms with Crippen molar-refractivity contribution in [1.82, 2.24) is 4.98 Å². The van der Waals surface area contributed by atoms with E-state index in [1.54, 1.807) is 6.20 Å². The number of nitrogens with zero attached hydrogens (tertiary/aromatic N) is 2. The molecule has 0 amide bonds. The highest BCUT2D eigenvalue weighted by atomic mass is 16.5. The summed E-state index contributed by atoms with van der Waals surface area (Å²) in [6.07, 6.45) is 2.53. The van der Waals surface area contributed by atoms with Crippen molar-refractivity contribution in [2.24, 2.45) is 5.73 Å². The lowest BCUT2D eigenvalue weighted by atomic mass is 10.1. The van der Waals surface area contributed by atoms with Crippen LogP contribution in [0, 0.1) is 25.2 Å². The van der Waals surface area contributed by atoms with Gasteiger partial charge in [0.25, 0.3) is 0 Å². The molecule has 1 heterocycles. The average molecular weight is 281 g/mol. The molecular weight excluding hydrogens is 262 g/mol. The topological polar surface area (TPSA) is 71.9 Å². The summed E-state index contributed by atoms with van der Waals surface area (Å²) in [5, 5.41) is 8.96. The minimum atomic E-state index is -0.0440. The number of benzene rings is 1. The zero-order chi connectivity index (χ0) is 15.4. The molecule has 0 aliphatic rings. The minimum Gasteiger partial charge on any atom is -0.455 e. The Hall–Kier alpha value is -2.38. The van der Waals surface area contributed by atoms with Gasteiger partial charge >= 0.3 is 0 Å². The van der Waals surface area contributed by atoms with Crippen LogP contribution in [0.5, 0.6) is 11.5 Å². The maximum atomic E-state index is 8.96. The molecule has 0 radical (unpaired) electrons. The number of pyridine rings is 1. The third-order valence-corrected chi connectivity index (χ3v) is 3.39. The van der Waals surface area contributed by atoms with Gasteiger partial charge in [-0.1, -0.05) is 6.92 Å². The third-order valence-electron chi connectivity index (χ3n) is 3.39. The number of aryl methyl sites for hydroxylation is 2. The number of hydrogen-bond acceptors (Lipinski definition) is 4. The Kier molecular flexibility index (Phi) is 4.56. The van der Waals surface area contributed by atoms with Gasteiger partial charge in [-0.3, -0.25) is 4.98 Å². The Morgan fingerprint density at radius 1 is 1.29 bits per heavy atom. The molecule has 1 atom stereocenters. The van der Waals surface area contributed by atoms with Crippen LogP contribution in [-0.4, -0.2) is 4.98 Å². The SMILES string of the molecule is CC[C@H](N)c1ccc(Oc2c(C)cc(C#N)cc2C)cn1. The van der Waals surface area contributed by atoms with Crippen molar-refractivity contribution in [2.45, 2.75) is 33.2 Å². The van der Waals surface area contributed by atoms with Gasteiger partial charge < -0.3 is 10.5 Å². The molecule has 0 saturated heterocycles. The van der Waals surface area contributed by atoms with Crippen molar-refractivity contribution >= 4 is 0 Å². The van der Waals surface area contributed by atoms with Crippen molar-refractivity contribution < 1.29 is 4.74 Å². The molecule has 0 aliphatic heterocycles. The van der Waals surface area contributed by atoms with Gasteiger partial charge in [0, 0.05) is 6.04 Å². The largest absolute Gasteiger partial charge is 0.455 e. The highest BCUT2D eigenvalue weighted by molar-refractivity contribution is 5.48. The van der Waals surface area contributed by atoms with Crippen molar-refractivity contribution in [3.05, 3.63) is 52.8 Å². The first-order valence-corrected chi connectivity index (χ1v) is 6.96. The molecule has 1 aromatic heterocycles. The van der Waals surface area contributed by atoms with E-state index in [2.05, 4.69) is 11.1 Å². The Morgan fingerprint density at radius 2 is 1.95 bits per heavy atom. The van der Waals surface area contributed by atoms with E-state index in [0.29, 0.717) is 11.3 Å². The molecule has 4 heteroatoms. The lowest BCUT2D eigenvalue weighted by Gasteiger charge is -2.13. The quantitative estimate of drug-likeness (QED) is 0.925. The molecule has 108 valence electrons. The zero-order valence-corrected chi connectivity index (χ0v) is 12.6. The van der Waals surface area contributed by atoms with Gasteiger partial charge in [-0.05, 0) is 55.7 Å². The van der Waals surface area contributed by atoms with Crippen LogP contribution in [0.1, 0.15) is 41.8 Å². The van der Waals surface area contributed by atoms with E-state index in [9.17, 15) is 0 Å². The van der Waals surface area contributed by atoms with E-state index in [-0.39, 0.29) is 6.04 Å². The van der Waals surface area contributed by atoms with Crippen molar-refractivity contribution in [1.29, 1.82) is 5.26 Å². The van der Waals surface area contributed by atoms with E-state index in [1.807, 2.05) is 45.0 Å². The molecule has 0 unspecified atom stereocenters. The van der Waals surface area contributed by atoms with E-state index in [4.69, 9.17) is 15.7 Å². The third kappa shape index (κ3) is 3.39. The predicted octanol–water partition coefficient (Wildman–Crippen LogP) is 3.77. The first kappa shape index (κ1) is 15.0. The predicted molar refractivity (Wildman–Crippen MR) is 82.2 cm³/mol. The normalized spacial score (nSPS) is 11.8. The van der Waals surface area contributed by atoms with Crippen molar-refractivity contribution in [3.8, 4) is 17.6 Å². The molecule has 0 spiro atoms. The molecule has 2 N–H and O–H groups in total. The van der Waals surface area contributed by atoms with Crippen LogP contribution in [-0.2, 0) is 0 Å². The molecule has 2 rings (SSSR count). The van der Waals surface area contributed by atoms with Gasteiger partial charge in [-0.15, -0.1) is 0 Å². The molecule has 2 aromatic rings. The molecule has 0 bridgehead atoms. The summed E-state index contributed by atoms with van der Waals surface area (Å²) in [4.78, 5) is 4.34. The molecule has 0 saturated carbocycles. The number of ether oxygens (including phenoxy) is 1. The number of rotatable bonds is 4. The van der Waals surface area contributed by atoms with E-state index >= 15 is 0 Å². The summed E-state index contributed by atoms with van der Waals surface area (Å²) in [5.41, 5.74) is 9.30. The molecule has 1 aromatic carbocycles. The first-order valence-electron chi connectivity index (χ1n) is 6.96. The van der Waals surface area contributed by atoms with Crippen LogP contribution in [0.3, 0.4) is 0 Å². The highest BCUT2D eigenvalue weighted by Gasteiger charge is 2.09. The molecular formula is C17H19N3O. The summed E-state index contributed by atoms with van der Waals surface area (Å²) >= 11 is 0. The maximum absolute atomic E-state index is 8.96. The standard InChI is InChI=1S/C17H19N3O/c1-4-15(19)16-6-5-14(10-20-16)21-17-11(2)7-13(9-18)8-12(17)3/h5-8,10,15H,4,19H2,1-3H3/t15-/m0/s1. The fraction of sp³-hybridized carbons (Fsp3) is 0.294. The lowest BCUT2D eigenvalue weighted by Crippen LogP contribution is -2.10. The van der Waals surface area contributed by atoms with Gasteiger partial charge in [0.1, 0.15) is 11.5 Å². The Balaban J connectivity index is 2.25. The second-order valence-electron chi connectivity index (χ2n) is 5.09. The van der Waals surface area contributed by atoms with E-state index < -0.39 is 0 Å². The lowest BCUT2D eigenvalue weighted by molar-refractivity contribution is 0.471.